The quantitative estimate of drug-likeness (QED) is 0.756. The summed E-state index contributed by atoms with van der Waals surface area (Å²) in [6.45, 7) is 5.83. The van der Waals surface area contributed by atoms with Crippen LogP contribution in [0.2, 0.25) is 0 Å². The van der Waals surface area contributed by atoms with Gasteiger partial charge in [-0.2, -0.15) is 0 Å². The maximum Gasteiger partial charge on any atom is 0.256 e. The van der Waals surface area contributed by atoms with Crippen LogP contribution in [-0.4, -0.2) is 5.91 Å². The van der Waals surface area contributed by atoms with Crippen LogP contribution < -0.4 is 16.8 Å². The van der Waals surface area contributed by atoms with Gasteiger partial charge < -0.3 is 16.8 Å². The van der Waals surface area contributed by atoms with Crippen molar-refractivity contribution in [1.29, 1.82) is 0 Å². The van der Waals surface area contributed by atoms with Crippen molar-refractivity contribution in [2.45, 2.75) is 27.2 Å². The van der Waals surface area contributed by atoms with Crippen molar-refractivity contribution >= 4 is 23.0 Å². The van der Waals surface area contributed by atoms with Crippen molar-refractivity contribution in [3.63, 3.8) is 0 Å². The second-order valence-corrected chi connectivity index (χ2v) is 5.20. The van der Waals surface area contributed by atoms with E-state index in [0.29, 0.717) is 16.9 Å². The lowest BCUT2D eigenvalue weighted by Gasteiger charge is -2.15. The molecule has 0 fully saturated rings. The Hall–Kier alpha value is -2.49. The number of benzene rings is 2. The van der Waals surface area contributed by atoms with E-state index in [-0.39, 0.29) is 5.91 Å². The van der Waals surface area contributed by atoms with Crippen LogP contribution in [0.25, 0.3) is 0 Å². The number of anilines is 3. The number of amides is 1. The smallest absolute Gasteiger partial charge is 0.256 e. The van der Waals surface area contributed by atoms with E-state index in [2.05, 4.69) is 5.32 Å². The number of carbonyl (C=O) groups is 1. The maximum absolute atomic E-state index is 12.5. The lowest BCUT2D eigenvalue weighted by Crippen LogP contribution is -2.16. The Kier molecular flexibility index (Phi) is 4.17. The molecule has 1 amide bonds. The van der Waals surface area contributed by atoms with Crippen molar-refractivity contribution in [2.75, 3.05) is 16.8 Å². The number of nitrogens with one attached hydrogen (secondary N) is 1. The number of rotatable bonds is 3. The molecule has 4 nitrogen and oxygen atoms in total. The standard InChI is InChI=1S/C17H21N3O/c1-4-12-9-13(18)8-10(2)16(12)20-17(21)14-6-5-7-15(19)11(14)3/h5-9H,4,18-19H2,1-3H3,(H,20,21). The molecule has 0 aromatic heterocycles. The Morgan fingerprint density at radius 3 is 2.57 bits per heavy atom. The van der Waals surface area contributed by atoms with Crippen LogP contribution in [0.4, 0.5) is 17.1 Å². The molecule has 2 rings (SSSR count). The molecule has 0 saturated carbocycles. The Morgan fingerprint density at radius 2 is 1.90 bits per heavy atom. The second-order valence-electron chi connectivity index (χ2n) is 5.20. The topological polar surface area (TPSA) is 81.1 Å². The zero-order valence-corrected chi connectivity index (χ0v) is 12.7. The summed E-state index contributed by atoms with van der Waals surface area (Å²) < 4.78 is 0. The maximum atomic E-state index is 12.5. The summed E-state index contributed by atoms with van der Waals surface area (Å²) in [6, 6.07) is 9.11. The Labute approximate surface area is 125 Å². The van der Waals surface area contributed by atoms with Gasteiger partial charge in [-0.1, -0.05) is 13.0 Å². The third-order valence-electron chi connectivity index (χ3n) is 3.68. The molecule has 0 aliphatic rings. The van der Waals surface area contributed by atoms with Gasteiger partial charge in [0.25, 0.3) is 5.91 Å². The van der Waals surface area contributed by atoms with Crippen molar-refractivity contribution in [3.05, 3.63) is 52.6 Å². The van der Waals surface area contributed by atoms with Crippen LogP contribution in [0.15, 0.2) is 30.3 Å². The van der Waals surface area contributed by atoms with Gasteiger partial charge in [-0.05, 0) is 61.2 Å². The summed E-state index contributed by atoms with van der Waals surface area (Å²) in [5, 5.41) is 2.99. The van der Waals surface area contributed by atoms with E-state index in [1.807, 2.05) is 32.9 Å². The van der Waals surface area contributed by atoms with Crippen molar-refractivity contribution in [1.82, 2.24) is 0 Å². The molecule has 0 aliphatic carbocycles. The number of hydrogen-bond donors (Lipinski definition) is 3. The van der Waals surface area contributed by atoms with E-state index in [1.54, 1.807) is 18.2 Å². The summed E-state index contributed by atoms with van der Waals surface area (Å²) in [5.41, 5.74) is 17.3. The minimum absolute atomic E-state index is 0.151. The molecule has 0 bridgehead atoms. The van der Waals surface area contributed by atoms with E-state index in [1.165, 1.54) is 0 Å². The molecule has 0 radical (unpaired) electrons. The molecule has 2 aromatic carbocycles. The van der Waals surface area contributed by atoms with Gasteiger partial charge in [-0.3, -0.25) is 4.79 Å². The zero-order chi connectivity index (χ0) is 15.6. The van der Waals surface area contributed by atoms with Gasteiger partial charge in [-0.15, -0.1) is 0 Å². The van der Waals surface area contributed by atoms with Crippen LogP contribution in [0, 0.1) is 13.8 Å². The van der Waals surface area contributed by atoms with Crippen LogP contribution in [-0.2, 0) is 6.42 Å². The van der Waals surface area contributed by atoms with Gasteiger partial charge in [0.1, 0.15) is 0 Å². The molecule has 21 heavy (non-hydrogen) atoms. The van der Waals surface area contributed by atoms with Crippen LogP contribution >= 0.6 is 0 Å². The van der Waals surface area contributed by atoms with Crippen LogP contribution in [0.5, 0.6) is 0 Å². The van der Waals surface area contributed by atoms with E-state index in [4.69, 9.17) is 11.5 Å². The van der Waals surface area contributed by atoms with Crippen LogP contribution in [0.3, 0.4) is 0 Å². The van der Waals surface area contributed by atoms with Gasteiger partial charge in [0.2, 0.25) is 0 Å². The third kappa shape index (κ3) is 2.99. The Bertz CT molecular complexity index is 693. The summed E-state index contributed by atoms with van der Waals surface area (Å²) in [7, 11) is 0. The molecule has 0 saturated heterocycles. The molecule has 4 heteroatoms. The minimum atomic E-state index is -0.151. The molecule has 0 atom stereocenters. The van der Waals surface area contributed by atoms with E-state index < -0.39 is 0 Å². The molecule has 2 aromatic rings. The van der Waals surface area contributed by atoms with E-state index >= 15 is 0 Å². The normalized spacial score (nSPS) is 10.4. The average Bonchev–Trinajstić information content (AvgIpc) is 2.44. The van der Waals surface area contributed by atoms with Gasteiger partial charge in [0.15, 0.2) is 0 Å². The highest BCUT2D eigenvalue weighted by Crippen LogP contribution is 2.26. The number of nitrogen functional groups attached to an aromatic ring is 2. The lowest BCUT2D eigenvalue weighted by atomic mass is 10.0. The van der Waals surface area contributed by atoms with Gasteiger partial charge >= 0.3 is 0 Å². The van der Waals surface area contributed by atoms with Gasteiger partial charge in [0.05, 0.1) is 0 Å². The summed E-state index contributed by atoms with van der Waals surface area (Å²) >= 11 is 0. The largest absolute Gasteiger partial charge is 0.399 e. The lowest BCUT2D eigenvalue weighted by molar-refractivity contribution is 0.102. The predicted octanol–water partition coefficient (Wildman–Crippen LogP) is 3.28. The van der Waals surface area contributed by atoms with E-state index in [9.17, 15) is 4.79 Å². The summed E-state index contributed by atoms with van der Waals surface area (Å²) in [5.74, 6) is -0.151. The van der Waals surface area contributed by atoms with Gasteiger partial charge in [-0.25, -0.2) is 0 Å². The molecule has 0 spiro atoms. The monoisotopic (exact) mass is 283 g/mol. The fraction of sp³-hybridized carbons (Fsp3) is 0.235. The first kappa shape index (κ1) is 14.9. The fourth-order valence-electron chi connectivity index (χ4n) is 2.43. The predicted molar refractivity (Wildman–Crippen MR) is 88.5 cm³/mol. The summed E-state index contributed by atoms with van der Waals surface area (Å²) in [6.07, 6.45) is 0.803. The first-order valence-corrected chi connectivity index (χ1v) is 6.99. The Morgan fingerprint density at radius 1 is 1.19 bits per heavy atom. The highest BCUT2D eigenvalue weighted by atomic mass is 16.1. The second kappa shape index (κ2) is 5.87. The molecule has 5 N–H and O–H groups in total. The van der Waals surface area contributed by atoms with Crippen LogP contribution in [0.1, 0.15) is 34.0 Å². The average molecular weight is 283 g/mol. The molecule has 0 heterocycles. The SMILES string of the molecule is CCc1cc(N)cc(C)c1NC(=O)c1cccc(N)c1C. The molecule has 0 aliphatic heterocycles. The number of aryl methyl sites for hydroxylation is 2. The highest BCUT2D eigenvalue weighted by molar-refractivity contribution is 6.06. The third-order valence-corrected chi connectivity index (χ3v) is 3.68. The number of nitrogens with two attached hydrogens (primary N) is 2. The molecular formula is C17H21N3O. The first-order chi connectivity index (χ1) is 9.93. The number of carbonyl (C=O) groups excluding carboxylic acids is 1. The Balaban J connectivity index is 2.38. The zero-order valence-electron chi connectivity index (χ0n) is 12.7. The number of hydrogen-bond acceptors (Lipinski definition) is 3. The minimum Gasteiger partial charge on any atom is -0.399 e. The van der Waals surface area contributed by atoms with Crippen molar-refractivity contribution in [2.24, 2.45) is 0 Å². The van der Waals surface area contributed by atoms with Crippen molar-refractivity contribution < 1.29 is 4.79 Å². The van der Waals surface area contributed by atoms with Gasteiger partial charge in [0, 0.05) is 22.6 Å². The first-order valence-electron chi connectivity index (χ1n) is 6.99. The van der Waals surface area contributed by atoms with E-state index in [0.717, 1.165) is 28.8 Å². The summed E-state index contributed by atoms with van der Waals surface area (Å²) in [4.78, 5) is 12.5. The molecule has 0 unspecified atom stereocenters. The highest BCUT2D eigenvalue weighted by Gasteiger charge is 2.14. The fourth-order valence-corrected chi connectivity index (χ4v) is 2.43. The van der Waals surface area contributed by atoms with Crippen molar-refractivity contribution in [3.8, 4) is 0 Å². The molecular weight excluding hydrogens is 262 g/mol. The molecule has 110 valence electrons.